The Hall–Kier alpha value is -2.44. The van der Waals surface area contributed by atoms with Crippen molar-refractivity contribution in [2.45, 2.75) is 11.7 Å². The first-order valence-corrected chi connectivity index (χ1v) is 11.0. The lowest BCUT2D eigenvalue weighted by molar-refractivity contribution is -0.136. The highest BCUT2D eigenvalue weighted by Crippen LogP contribution is 2.38. The number of ether oxygens (including phenoxy) is 1. The first-order chi connectivity index (χ1) is 13.4. The highest BCUT2D eigenvalue weighted by atomic mass is 79.9. The van der Waals surface area contributed by atoms with Gasteiger partial charge in [-0.3, -0.25) is 9.00 Å². The molecule has 0 aliphatic heterocycles. The van der Waals surface area contributed by atoms with E-state index in [0.29, 0.717) is 17.1 Å². The molecule has 0 aliphatic rings. The van der Waals surface area contributed by atoms with Gasteiger partial charge in [0, 0.05) is 27.1 Å². The van der Waals surface area contributed by atoms with E-state index in [-0.39, 0.29) is 11.7 Å². The number of carboxylic acid groups (broad SMARTS) is 1. The van der Waals surface area contributed by atoms with Crippen molar-refractivity contribution in [1.82, 2.24) is 0 Å². The van der Waals surface area contributed by atoms with E-state index in [1.807, 2.05) is 48.5 Å². The normalized spacial score (nSPS) is 12.9. The zero-order chi connectivity index (χ0) is 20.1. The van der Waals surface area contributed by atoms with Crippen molar-refractivity contribution in [2.75, 3.05) is 6.26 Å². The Morgan fingerprint density at radius 2 is 1.82 bits per heavy atom. The van der Waals surface area contributed by atoms with Gasteiger partial charge < -0.3 is 9.84 Å². The molecule has 6 heteroatoms. The summed E-state index contributed by atoms with van der Waals surface area (Å²) in [5.74, 6) is 0.225. The van der Waals surface area contributed by atoms with Crippen LogP contribution in [0.5, 0.6) is 11.5 Å². The van der Waals surface area contributed by atoms with Gasteiger partial charge in [0.2, 0.25) is 0 Å². The van der Waals surface area contributed by atoms with Gasteiger partial charge in [-0.1, -0.05) is 58.4 Å². The van der Waals surface area contributed by atoms with Crippen LogP contribution in [0.4, 0.5) is 0 Å². The molecule has 28 heavy (non-hydrogen) atoms. The molecule has 3 aromatic carbocycles. The average Bonchev–Trinajstić information content (AvgIpc) is 2.64. The molecule has 0 saturated heterocycles. The Bertz CT molecular complexity index is 1000. The van der Waals surface area contributed by atoms with E-state index in [1.165, 1.54) is 0 Å². The number of hydrogen-bond donors (Lipinski definition) is 1. The maximum atomic E-state index is 12.6. The molecule has 2 unspecified atom stereocenters. The number of benzene rings is 3. The molecule has 144 valence electrons. The van der Waals surface area contributed by atoms with Crippen molar-refractivity contribution >= 4 is 32.7 Å². The Morgan fingerprint density at radius 1 is 1.07 bits per heavy atom. The van der Waals surface area contributed by atoms with Gasteiger partial charge in [0.05, 0.1) is 11.7 Å². The lowest BCUT2D eigenvalue weighted by Crippen LogP contribution is -2.08. The average molecular weight is 459 g/mol. The minimum atomic E-state index is -1.17. The Balaban J connectivity index is 2.01. The number of rotatable bonds is 7. The zero-order valence-corrected chi connectivity index (χ0v) is 17.6. The van der Waals surface area contributed by atoms with Crippen LogP contribution in [0.25, 0.3) is 0 Å². The van der Waals surface area contributed by atoms with E-state index < -0.39 is 16.8 Å². The SMILES string of the molecule is CS(=O)C(c1ccccc1)c1cc(Br)ccc1Oc1cccc(CC(=O)O)c1. The summed E-state index contributed by atoms with van der Waals surface area (Å²) in [6.07, 6.45) is 1.60. The molecular weight excluding hydrogens is 440 g/mol. The van der Waals surface area contributed by atoms with Gasteiger partial charge in [-0.2, -0.15) is 0 Å². The predicted octanol–water partition coefficient (Wildman–Crippen LogP) is 5.34. The maximum Gasteiger partial charge on any atom is 0.307 e. The Labute approximate surface area is 174 Å². The molecule has 0 amide bonds. The molecule has 3 rings (SSSR count). The van der Waals surface area contributed by atoms with Crippen LogP contribution in [0.1, 0.15) is 21.9 Å². The van der Waals surface area contributed by atoms with Crippen molar-refractivity contribution in [1.29, 1.82) is 0 Å². The second kappa shape index (κ2) is 9.17. The third-order valence-electron chi connectivity index (χ3n) is 4.17. The number of aliphatic carboxylic acids is 1. The van der Waals surface area contributed by atoms with Gasteiger partial charge >= 0.3 is 5.97 Å². The molecule has 0 heterocycles. The largest absolute Gasteiger partial charge is 0.481 e. The molecule has 2 atom stereocenters. The first kappa shape index (κ1) is 20.3. The zero-order valence-electron chi connectivity index (χ0n) is 15.2. The van der Waals surface area contributed by atoms with Crippen LogP contribution in [0.2, 0.25) is 0 Å². The van der Waals surface area contributed by atoms with Crippen LogP contribution in [-0.4, -0.2) is 21.5 Å². The van der Waals surface area contributed by atoms with Crippen LogP contribution in [0, 0.1) is 0 Å². The summed E-state index contributed by atoms with van der Waals surface area (Å²) in [5.41, 5.74) is 2.39. The maximum absolute atomic E-state index is 12.6. The van der Waals surface area contributed by atoms with Gasteiger partial charge in [-0.05, 0) is 41.5 Å². The van der Waals surface area contributed by atoms with Gasteiger partial charge in [0.15, 0.2) is 0 Å². The van der Waals surface area contributed by atoms with Crippen LogP contribution in [0.3, 0.4) is 0 Å². The predicted molar refractivity (Wildman–Crippen MR) is 114 cm³/mol. The molecule has 0 saturated carbocycles. The standard InChI is InChI=1S/C22H19BrO4S/c1-28(26)22(16-7-3-2-4-8-16)19-14-17(23)10-11-20(19)27-18-9-5-6-15(12-18)13-21(24)25/h2-12,14,22H,13H2,1H3,(H,24,25). The summed E-state index contributed by atoms with van der Waals surface area (Å²) in [6, 6.07) is 22.3. The van der Waals surface area contributed by atoms with Gasteiger partial charge in [0.1, 0.15) is 11.5 Å². The molecule has 0 spiro atoms. The Morgan fingerprint density at radius 3 is 2.50 bits per heavy atom. The molecule has 3 aromatic rings. The summed E-state index contributed by atoms with van der Waals surface area (Å²) in [4.78, 5) is 11.0. The van der Waals surface area contributed by atoms with Crippen LogP contribution >= 0.6 is 15.9 Å². The molecule has 0 bridgehead atoms. The fraction of sp³-hybridized carbons (Fsp3) is 0.136. The second-order valence-electron chi connectivity index (χ2n) is 6.29. The van der Waals surface area contributed by atoms with Crippen LogP contribution in [0.15, 0.2) is 77.3 Å². The number of halogens is 1. The highest BCUT2D eigenvalue weighted by molar-refractivity contribution is 9.10. The van der Waals surface area contributed by atoms with E-state index in [1.54, 1.807) is 30.5 Å². The molecule has 1 N–H and O–H groups in total. The lowest BCUT2D eigenvalue weighted by Gasteiger charge is -2.20. The first-order valence-electron chi connectivity index (χ1n) is 8.59. The molecule has 0 fully saturated rings. The van der Waals surface area contributed by atoms with Crippen molar-refractivity contribution in [3.8, 4) is 11.5 Å². The highest BCUT2D eigenvalue weighted by Gasteiger charge is 2.23. The van der Waals surface area contributed by atoms with Gasteiger partial charge in [-0.15, -0.1) is 0 Å². The molecule has 0 aliphatic carbocycles. The van der Waals surface area contributed by atoms with Crippen molar-refractivity contribution in [3.05, 3.63) is 94.0 Å². The molecule has 4 nitrogen and oxygen atoms in total. The van der Waals surface area contributed by atoms with Crippen molar-refractivity contribution < 1.29 is 18.8 Å². The topological polar surface area (TPSA) is 63.6 Å². The third-order valence-corrected chi connectivity index (χ3v) is 5.85. The molecule has 0 radical (unpaired) electrons. The minimum absolute atomic E-state index is 0.0734. The second-order valence-corrected chi connectivity index (χ2v) is 8.68. The molecular formula is C22H19BrO4S. The number of hydrogen-bond acceptors (Lipinski definition) is 3. The van der Waals surface area contributed by atoms with E-state index in [2.05, 4.69) is 15.9 Å². The summed E-state index contributed by atoms with van der Waals surface area (Å²) in [5, 5.41) is 8.65. The van der Waals surface area contributed by atoms with Gasteiger partial charge in [-0.25, -0.2) is 0 Å². The van der Waals surface area contributed by atoms with E-state index >= 15 is 0 Å². The van der Waals surface area contributed by atoms with Crippen LogP contribution < -0.4 is 4.74 Å². The van der Waals surface area contributed by atoms with Gasteiger partial charge in [0.25, 0.3) is 0 Å². The Kier molecular flexibility index (Phi) is 6.65. The number of carboxylic acids is 1. The van der Waals surface area contributed by atoms with E-state index in [4.69, 9.17) is 9.84 Å². The fourth-order valence-electron chi connectivity index (χ4n) is 3.02. The summed E-state index contributed by atoms with van der Waals surface area (Å²) < 4.78 is 19.6. The van der Waals surface area contributed by atoms with Crippen molar-refractivity contribution in [2.24, 2.45) is 0 Å². The van der Waals surface area contributed by atoms with Crippen molar-refractivity contribution in [3.63, 3.8) is 0 Å². The molecule has 0 aromatic heterocycles. The summed E-state index contributed by atoms with van der Waals surface area (Å²) >= 11 is 3.49. The monoisotopic (exact) mass is 458 g/mol. The summed E-state index contributed by atoms with van der Waals surface area (Å²) in [6.45, 7) is 0. The number of carbonyl (C=O) groups is 1. The minimum Gasteiger partial charge on any atom is -0.481 e. The summed E-state index contributed by atoms with van der Waals surface area (Å²) in [7, 11) is -1.17. The van der Waals surface area contributed by atoms with E-state index in [0.717, 1.165) is 15.6 Å². The quantitative estimate of drug-likeness (QED) is 0.519. The third kappa shape index (κ3) is 5.09. The smallest absolute Gasteiger partial charge is 0.307 e. The van der Waals surface area contributed by atoms with Crippen LogP contribution in [-0.2, 0) is 22.0 Å². The van der Waals surface area contributed by atoms with E-state index in [9.17, 15) is 9.00 Å². The lowest BCUT2D eigenvalue weighted by atomic mass is 10.0. The fourth-order valence-corrected chi connectivity index (χ4v) is 4.48.